The summed E-state index contributed by atoms with van der Waals surface area (Å²) in [7, 11) is 1.79. The van der Waals surface area contributed by atoms with E-state index in [0.29, 0.717) is 42.9 Å². The van der Waals surface area contributed by atoms with E-state index in [1.54, 1.807) is 11.9 Å². The van der Waals surface area contributed by atoms with E-state index in [-0.39, 0.29) is 11.8 Å². The van der Waals surface area contributed by atoms with Crippen LogP contribution in [0.3, 0.4) is 0 Å². The molecular formula is C18H25N3O3. The van der Waals surface area contributed by atoms with Crippen LogP contribution >= 0.6 is 0 Å². The zero-order valence-electron chi connectivity index (χ0n) is 14.8. The summed E-state index contributed by atoms with van der Waals surface area (Å²) < 4.78 is 11.0. The number of nitrogens with zero attached hydrogens (tertiary/aromatic N) is 3. The monoisotopic (exact) mass is 331 g/mol. The van der Waals surface area contributed by atoms with Crippen LogP contribution in [0.5, 0.6) is 0 Å². The molecule has 1 fully saturated rings. The van der Waals surface area contributed by atoms with Gasteiger partial charge >= 0.3 is 0 Å². The fraction of sp³-hybridized carbons (Fsp3) is 0.611. The Hall–Kier alpha value is -2.11. The molecule has 2 unspecified atom stereocenters. The molecule has 0 aliphatic heterocycles. The number of hydrogen-bond donors (Lipinski definition) is 0. The summed E-state index contributed by atoms with van der Waals surface area (Å²) in [6.45, 7) is 6.73. The van der Waals surface area contributed by atoms with Crippen molar-refractivity contribution in [3.8, 4) is 0 Å². The van der Waals surface area contributed by atoms with Gasteiger partial charge in [0.15, 0.2) is 5.82 Å². The Morgan fingerprint density at radius 2 is 2.17 bits per heavy atom. The van der Waals surface area contributed by atoms with Crippen molar-refractivity contribution in [2.45, 2.75) is 58.4 Å². The van der Waals surface area contributed by atoms with E-state index in [1.807, 2.05) is 26.0 Å². The number of furan rings is 1. The molecule has 3 rings (SSSR count). The molecule has 1 saturated carbocycles. The Labute approximate surface area is 142 Å². The first-order chi connectivity index (χ1) is 11.4. The lowest BCUT2D eigenvalue weighted by molar-refractivity contribution is -0.130. The fourth-order valence-electron chi connectivity index (χ4n) is 2.73. The standard InChI is InChI=1S/C18H25N3O3/c1-11(2)18-19-16(24-20-18)7-8-17(22)21(4)10-13-5-6-15(23-13)14-9-12(14)3/h5-6,11-12,14H,7-10H2,1-4H3. The number of rotatable bonds is 7. The van der Waals surface area contributed by atoms with Crippen LogP contribution in [-0.2, 0) is 17.8 Å². The quantitative estimate of drug-likeness (QED) is 0.776. The number of carbonyl (C=O) groups excluding carboxylic acids is 1. The molecule has 1 aliphatic rings. The first-order valence-electron chi connectivity index (χ1n) is 8.59. The lowest BCUT2D eigenvalue weighted by Gasteiger charge is -2.15. The highest BCUT2D eigenvalue weighted by molar-refractivity contribution is 5.75. The third-order valence-electron chi connectivity index (χ3n) is 4.53. The molecule has 6 heteroatoms. The van der Waals surface area contributed by atoms with E-state index >= 15 is 0 Å². The smallest absolute Gasteiger partial charge is 0.227 e. The van der Waals surface area contributed by atoms with Crippen molar-refractivity contribution >= 4 is 5.91 Å². The van der Waals surface area contributed by atoms with Gasteiger partial charge in [0.2, 0.25) is 11.8 Å². The molecule has 6 nitrogen and oxygen atoms in total. The summed E-state index contributed by atoms with van der Waals surface area (Å²) in [5, 5.41) is 3.91. The second kappa shape index (κ2) is 6.79. The van der Waals surface area contributed by atoms with Gasteiger partial charge in [0.05, 0.1) is 6.54 Å². The molecule has 130 valence electrons. The zero-order valence-corrected chi connectivity index (χ0v) is 14.8. The van der Waals surface area contributed by atoms with Gasteiger partial charge in [0, 0.05) is 31.7 Å². The predicted octanol–water partition coefficient (Wildman–Crippen LogP) is 3.50. The maximum atomic E-state index is 12.3. The highest BCUT2D eigenvalue weighted by atomic mass is 16.5. The van der Waals surface area contributed by atoms with Gasteiger partial charge in [-0.2, -0.15) is 4.98 Å². The average molecular weight is 331 g/mol. The lowest BCUT2D eigenvalue weighted by atomic mass is 10.2. The SMILES string of the molecule is CC(C)c1noc(CCC(=O)N(C)Cc2ccc(C3CC3C)o2)n1. The van der Waals surface area contributed by atoms with Gasteiger partial charge in [-0.1, -0.05) is 25.9 Å². The zero-order chi connectivity index (χ0) is 17.3. The van der Waals surface area contributed by atoms with Gasteiger partial charge in [-0.25, -0.2) is 0 Å². The molecule has 2 aromatic heterocycles. The Morgan fingerprint density at radius 3 is 2.79 bits per heavy atom. The third-order valence-corrected chi connectivity index (χ3v) is 4.53. The molecule has 2 aromatic rings. The first-order valence-corrected chi connectivity index (χ1v) is 8.59. The van der Waals surface area contributed by atoms with Crippen molar-refractivity contribution in [2.75, 3.05) is 7.05 Å². The highest BCUT2D eigenvalue weighted by Crippen LogP contribution is 2.47. The van der Waals surface area contributed by atoms with Gasteiger partial charge in [-0.3, -0.25) is 4.79 Å². The van der Waals surface area contributed by atoms with Crippen LogP contribution in [0.15, 0.2) is 21.1 Å². The molecule has 1 amide bonds. The lowest BCUT2D eigenvalue weighted by Crippen LogP contribution is -2.26. The van der Waals surface area contributed by atoms with Crippen molar-refractivity contribution < 1.29 is 13.7 Å². The highest BCUT2D eigenvalue weighted by Gasteiger charge is 2.36. The summed E-state index contributed by atoms with van der Waals surface area (Å²) in [6, 6.07) is 4.00. The molecule has 0 aromatic carbocycles. The van der Waals surface area contributed by atoms with Gasteiger partial charge in [-0.15, -0.1) is 0 Å². The van der Waals surface area contributed by atoms with Crippen molar-refractivity contribution in [2.24, 2.45) is 5.92 Å². The molecule has 1 aliphatic carbocycles. The second-order valence-electron chi connectivity index (χ2n) is 7.07. The molecule has 2 heterocycles. The minimum absolute atomic E-state index is 0.0389. The number of aryl methyl sites for hydroxylation is 1. The minimum atomic E-state index is 0.0389. The van der Waals surface area contributed by atoms with Crippen molar-refractivity contribution in [3.05, 3.63) is 35.4 Å². The number of aromatic nitrogens is 2. The Kier molecular flexibility index (Phi) is 4.73. The summed E-state index contributed by atoms with van der Waals surface area (Å²) in [6.07, 6.45) is 2.01. The van der Waals surface area contributed by atoms with E-state index < -0.39 is 0 Å². The Morgan fingerprint density at radius 1 is 1.42 bits per heavy atom. The van der Waals surface area contributed by atoms with Gasteiger partial charge < -0.3 is 13.8 Å². The topological polar surface area (TPSA) is 72.4 Å². The van der Waals surface area contributed by atoms with E-state index in [0.717, 1.165) is 11.5 Å². The summed E-state index contributed by atoms with van der Waals surface area (Å²) in [5.41, 5.74) is 0. The molecule has 0 spiro atoms. The molecular weight excluding hydrogens is 306 g/mol. The van der Waals surface area contributed by atoms with Crippen LogP contribution in [0.2, 0.25) is 0 Å². The average Bonchev–Trinajstić information content (AvgIpc) is 2.96. The van der Waals surface area contributed by atoms with Crippen LogP contribution in [0.25, 0.3) is 0 Å². The maximum absolute atomic E-state index is 12.3. The number of hydrogen-bond acceptors (Lipinski definition) is 5. The van der Waals surface area contributed by atoms with Crippen LogP contribution in [0, 0.1) is 5.92 Å². The maximum Gasteiger partial charge on any atom is 0.227 e. The summed E-state index contributed by atoms with van der Waals surface area (Å²) >= 11 is 0. The summed E-state index contributed by atoms with van der Waals surface area (Å²) in [5.74, 6) is 4.62. The predicted molar refractivity (Wildman–Crippen MR) is 88.4 cm³/mol. The fourth-order valence-corrected chi connectivity index (χ4v) is 2.73. The molecule has 0 saturated heterocycles. The van der Waals surface area contributed by atoms with E-state index in [1.165, 1.54) is 6.42 Å². The first kappa shape index (κ1) is 16.7. The van der Waals surface area contributed by atoms with E-state index in [2.05, 4.69) is 17.1 Å². The Bertz CT molecular complexity index is 704. The van der Waals surface area contributed by atoms with Gasteiger partial charge in [-0.05, 0) is 24.5 Å². The second-order valence-corrected chi connectivity index (χ2v) is 7.07. The minimum Gasteiger partial charge on any atom is -0.464 e. The van der Waals surface area contributed by atoms with Crippen LogP contribution in [0.1, 0.15) is 68.7 Å². The number of amides is 1. The van der Waals surface area contributed by atoms with Crippen LogP contribution in [0.4, 0.5) is 0 Å². The van der Waals surface area contributed by atoms with Gasteiger partial charge in [0.1, 0.15) is 11.5 Å². The Balaban J connectivity index is 1.48. The molecule has 0 bridgehead atoms. The third kappa shape index (κ3) is 3.86. The van der Waals surface area contributed by atoms with Crippen molar-refractivity contribution in [1.82, 2.24) is 15.0 Å². The molecule has 0 N–H and O–H groups in total. The van der Waals surface area contributed by atoms with Gasteiger partial charge in [0.25, 0.3) is 0 Å². The molecule has 24 heavy (non-hydrogen) atoms. The molecule has 0 radical (unpaired) electrons. The number of carbonyl (C=O) groups is 1. The van der Waals surface area contributed by atoms with Crippen molar-refractivity contribution in [1.29, 1.82) is 0 Å². The van der Waals surface area contributed by atoms with Crippen LogP contribution in [-0.4, -0.2) is 28.0 Å². The summed E-state index contributed by atoms with van der Waals surface area (Å²) in [4.78, 5) is 18.2. The largest absolute Gasteiger partial charge is 0.464 e. The van der Waals surface area contributed by atoms with Crippen molar-refractivity contribution in [3.63, 3.8) is 0 Å². The molecule has 2 atom stereocenters. The normalized spacial score (nSPS) is 19.7. The van der Waals surface area contributed by atoms with E-state index in [4.69, 9.17) is 8.94 Å². The van der Waals surface area contributed by atoms with Crippen LogP contribution < -0.4 is 0 Å². The van der Waals surface area contributed by atoms with E-state index in [9.17, 15) is 4.79 Å².